The molecule has 0 radical (unpaired) electrons. The summed E-state index contributed by atoms with van der Waals surface area (Å²) in [4.78, 5) is 3.92. The Hall–Kier alpha value is -1.47. The first-order valence-corrected chi connectivity index (χ1v) is 8.62. The molecule has 0 aliphatic rings. The van der Waals surface area contributed by atoms with Crippen LogP contribution in [0.5, 0.6) is 0 Å². The summed E-state index contributed by atoms with van der Waals surface area (Å²) in [6.07, 6.45) is 1.79. The second kappa shape index (κ2) is 7.69. The van der Waals surface area contributed by atoms with E-state index < -0.39 is 10.0 Å². The molecule has 0 aliphatic heterocycles. The molecule has 5 nitrogen and oxygen atoms in total. The predicted octanol–water partition coefficient (Wildman–Crippen LogP) is 2.31. The molecular weight excluding hydrogens is 324 g/mol. The van der Waals surface area contributed by atoms with E-state index in [1.807, 2.05) is 6.07 Å². The third-order valence-electron chi connectivity index (χ3n) is 3.06. The highest BCUT2D eigenvalue weighted by Gasteiger charge is 2.25. The van der Waals surface area contributed by atoms with Crippen molar-refractivity contribution >= 4 is 21.6 Å². The van der Waals surface area contributed by atoms with Crippen molar-refractivity contribution in [3.8, 4) is 0 Å². The van der Waals surface area contributed by atoms with E-state index in [1.165, 1.54) is 16.6 Å². The fourth-order valence-corrected chi connectivity index (χ4v) is 3.61. The van der Waals surface area contributed by atoms with Crippen LogP contribution in [-0.2, 0) is 16.6 Å². The average molecular weight is 341 g/mol. The molecule has 0 spiro atoms. The lowest BCUT2D eigenvalue weighted by Crippen LogP contribution is -2.32. The van der Waals surface area contributed by atoms with Crippen LogP contribution >= 0.6 is 11.6 Å². The molecule has 7 heteroatoms. The van der Waals surface area contributed by atoms with Crippen molar-refractivity contribution in [1.29, 1.82) is 0 Å². The van der Waals surface area contributed by atoms with Gasteiger partial charge in [-0.1, -0.05) is 29.8 Å². The largest absolute Gasteiger partial charge is 0.396 e. The number of halogens is 1. The van der Waals surface area contributed by atoms with Crippen molar-refractivity contribution in [3.05, 3.63) is 59.2 Å². The van der Waals surface area contributed by atoms with Gasteiger partial charge in [-0.15, -0.1) is 0 Å². The molecule has 0 aliphatic carbocycles. The van der Waals surface area contributed by atoms with Crippen LogP contribution in [0.4, 0.5) is 0 Å². The Morgan fingerprint density at radius 2 is 2.00 bits per heavy atom. The SMILES string of the molecule is O=S(=O)(c1ccccn1)N(CCCO)Cc1cccc(Cl)c1. The first-order chi connectivity index (χ1) is 10.5. The standard InChI is InChI=1S/C15H17ClN2O3S/c16-14-6-3-5-13(11-14)12-18(9-4-10-19)22(20,21)15-7-1-2-8-17-15/h1-3,5-8,11,19H,4,9-10,12H2. The van der Waals surface area contributed by atoms with Crippen molar-refractivity contribution in [2.24, 2.45) is 0 Å². The van der Waals surface area contributed by atoms with E-state index in [-0.39, 0.29) is 24.7 Å². The summed E-state index contributed by atoms with van der Waals surface area (Å²) in [6.45, 7) is 0.311. The molecule has 22 heavy (non-hydrogen) atoms. The van der Waals surface area contributed by atoms with Crippen LogP contribution in [0.15, 0.2) is 53.7 Å². The fourth-order valence-electron chi connectivity index (χ4n) is 2.00. The number of nitrogens with zero attached hydrogens (tertiary/aromatic N) is 2. The molecule has 1 aromatic heterocycles. The summed E-state index contributed by atoms with van der Waals surface area (Å²) in [5.74, 6) is 0. The van der Waals surface area contributed by atoms with Gasteiger partial charge < -0.3 is 5.11 Å². The smallest absolute Gasteiger partial charge is 0.260 e. The third-order valence-corrected chi connectivity index (χ3v) is 5.05. The van der Waals surface area contributed by atoms with Crippen molar-refractivity contribution in [2.45, 2.75) is 18.0 Å². The van der Waals surface area contributed by atoms with Crippen molar-refractivity contribution in [1.82, 2.24) is 9.29 Å². The number of pyridine rings is 1. The highest BCUT2D eigenvalue weighted by atomic mass is 35.5. The summed E-state index contributed by atoms with van der Waals surface area (Å²) in [5, 5.41) is 9.55. The van der Waals surface area contributed by atoms with E-state index in [0.717, 1.165) is 5.56 Å². The Morgan fingerprint density at radius 3 is 2.64 bits per heavy atom. The van der Waals surface area contributed by atoms with Crippen LogP contribution in [-0.4, -0.2) is 36.0 Å². The van der Waals surface area contributed by atoms with Gasteiger partial charge in [-0.25, -0.2) is 13.4 Å². The zero-order valence-corrected chi connectivity index (χ0v) is 13.5. The summed E-state index contributed by atoms with van der Waals surface area (Å²) in [7, 11) is -3.72. The van der Waals surface area contributed by atoms with Gasteiger partial charge in [0, 0.05) is 30.9 Å². The van der Waals surface area contributed by atoms with Gasteiger partial charge in [0.05, 0.1) is 0 Å². The zero-order chi connectivity index (χ0) is 16.0. The van der Waals surface area contributed by atoms with E-state index in [2.05, 4.69) is 4.98 Å². The lowest BCUT2D eigenvalue weighted by molar-refractivity contribution is 0.267. The van der Waals surface area contributed by atoms with Crippen LogP contribution in [0, 0.1) is 0 Å². The maximum absolute atomic E-state index is 12.7. The minimum Gasteiger partial charge on any atom is -0.396 e. The van der Waals surface area contributed by atoms with Gasteiger partial charge >= 0.3 is 0 Å². The van der Waals surface area contributed by atoms with Gasteiger partial charge in [0.2, 0.25) is 0 Å². The Labute approximate surface area is 135 Å². The molecule has 0 amide bonds. The Bertz CT molecular complexity index is 708. The maximum atomic E-state index is 12.7. The second-order valence-corrected chi connectivity index (χ2v) is 7.03. The van der Waals surface area contributed by atoms with E-state index in [1.54, 1.807) is 30.3 Å². The molecule has 1 heterocycles. The van der Waals surface area contributed by atoms with Gasteiger partial charge in [0.15, 0.2) is 5.03 Å². The molecule has 0 bridgehead atoms. The van der Waals surface area contributed by atoms with Gasteiger partial charge in [-0.3, -0.25) is 0 Å². The minimum absolute atomic E-state index is 0.00466. The Morgan fingerprint density at radius 1 is 1.18 bits per heavy atom. The lowest BCUT2D eigenvalue weighted by atomic mass is 10.2. The van der Waals surface area contributed by atoms with Gasteiger partial charge in [-0.2, -0.15) is 4.31 Å². The normalized spacial score (nSPS) is 11.8. The Kier molecular flexibility index (Phi) is 5.90. The molecule has 0 unspecified atom stereocenters. The molecule has 0 saturated heterocycles. The predicted molar refractivity (Wildman–Crippen MR) is 85.0 cm³/mol. The molecule has 2 aromatic rings. The second-order valence-electron chi connectivity index (χ2n) is 4.71. The van der Waals surface area contributed by atoms with E-state index in [0.29, 0.717) is 11.4 Å². The molecule has 1 aromatic carbocycles. The van der Waals surface area contributed by atoms with Crippen molar-refractivity contribution in [2.75, 3.05) is 13.2 Å². The summed E-state index contributed by atoms with van der Waals surface area (Å²) >= 11 is 5.94. The average Bonchev–Trinajstić information content (AvgIpc) is 2.52. The van der Waals surface area contributed by atoms with Gasteiger partial charge in [-0.05, 0) is 36.2 Å². The number of hydrogen-bond acceptors (Lipinski definition) is 4. The number of aromatic nitrogens is 1. The van der Waals surface area contributed by atoms with E-state index in [4.69, 9.17) is 16.7 Å². The number of rotatable bonds is 7. The van der Waals surface area contributed by atoms with Gasteiger partial charge in [0.1, 0.15) is 0 Å². The molecule has 2 rings (SSSR count). The van der Waals surface area contributed by atoms with Crippen LogP contribution in [0.25, 0.3) is 0 Å². The summed E-state index contributed by atoms with van der Waals surface area (Å²) in [6, 6.07) is 11.8. The first kappa shape index (κ1) is 16.9. The highest BCUT2D eigenvalue weighted by molar-refractivity contribution is 7.89. The van der Waals surface area contributed by atoms with Crippen LogP contribution in [0.2, 0.25) is 5.02 Å². The van der Waals surface area contributed by atoms with Crippen molar-refractivity contribution in [3.63, 3.8) is 0 Å². The highest BCUT2D eigenvalue weighted by Crippen LogP contribution is 2.18. The van der Waals surface area contributed by atoms with Crippen LogP contribution in [0.1, 0.15) is 12.0 Å². The summed E-state index contributed by atoms with van der Waals surface area (Å²) < 4.78 is 26.7. The Balaban J connectivity index is 2.29. The zero-order valence-electron chi connectivity index (χ0n) is 11.9. The molecule has 0 atom stereocenters. The van der Waals surface area contributed by atoms with Crippen LogP contribution < -0.4 is 0 Å². The molecule has 0 fully saturated rings. The quantitative estimate of drug-likeness (QED) is 0.839. The number of benzene rings is 1. The topological polar surface area (TPSA) is 70.5 Å². The van der Waals surface area contributed by atoms with E-state index >= 15 is 0 Å². The molecule has 118 valence electrons. The number of aliphatic hydroxyl groups excluding tert-OH is 1. The van der Waals surface area contributed by atoms with Crippen LogP contribution in [0.3, 0.4) is 0 Å². The minimum atomic E-state index is -3.72. The number of hydrogen-bond donors (Lipinski definition) is 1. The molecule has 1 N–H and O–H groups in total. The fraction of sp³-hybridized carbons (Fsp3) is 0.267. The monoisotopic (exact) mass is 340 g/mol. The molecular formula is C15H17ClN2O3S. The lowest BCUT2D eigenvalue weighted by Gasteiger charge is -2.21. The maximum Gasteiger partial charge on any atom is 0.260 e. The van der Waals surface area contributed by atoms with Gasteiger partial charge in [0.25, 0.3) is 10.0 Å². The molecule has 0 saturated carbocycles. The number of aliphatic hydroxyl groups is 1. The van der Waals surface area contributed by atoms with E-state index in [9.17, 15) is 8.42 Å². The van der Waals surface area contributed by atoms with Crippen molar-refractivity contribution < 1.29 is 13.5 Å². The third kappa shape index (κ3) is 4.27. The summed E-state index contributed by atoms with van der Waals surface area (Å²) in [5.41, 5.74) is 0.782. The first-order valence-electron chi connectivity index (χ1n) is 6.80. The number of sulfonamides is 1.